The van der Waals surface area contributed by atoms with Crippen LogP contribution in [-0.2, 0) is 17.7 Å². The highest BCUT2D eigenvalue weighted by Crippen LogP contribution is 2.35. The number of ether oxygens (including phenoxy) is 3. The van der Waals surface area contributed by atoms with Gasteiger partial charge < -0.3 is 19.3 Å². The molecule has 35 heavy (non-hydrogen) atoms. The molecule has 2 aromatic carbocycles. The van der Waals surface area contributed by atoms with Crippen LogP contribution in [0.3, 0.4) is 0 Å². The van der Waals surface area contributed by atoms with E-state index >= 15 is 0 Å². The van der Waals surface area contributed by atoms with Gasteiger partial charge >= 0.3 is 0 Å². The number of hydrogen-bond donors (Lipinski definition) is 1. The van der Waals surface area contributed by atoms with Gasteiger partial charge in [-0.15, -0.1) is 0 Å². The van der Waals surface area contributed by atoms with Crippen LogP contribution >= 0.6 is 0 Å². The van der Waals surface area contributed by atoms with Gasteiger partial charge in [-0.05, 0) is 56.4 Å². The molecule has 1 N–H and O–H groups in total. The Kier molecular flexibility index (Phi) is 8.79. The Morgan fingerprint density at radius 3 is 2.54 bits per heavy atom. The maximum Gasteiger partial charge on any atom is 0.227 e. The molecular weight excluding hydrogens is 442 g/mol. The standard InChI is InChI=1S/C28H37N3O4/c1-4-27-26(19-30(17-21-14-15-21)18-23(32)20-34-5-2)28(31(29-27)22-10-7-6-8-11-22)35-25-13-9-12-24(16-25)33-3/h6-13,16,21,23,32H,4-5,14-15,17-20H2,1-3H3. The molecule has 0 saturated heterocycles. The van der Waals surface area contributed by atoms with E-state index in [1.54, 1.807) is 7.11 Å². The van der Waals surface area contributed by atoms with Crippen molar-refractivity contribution in [1.82, 2.24) is 14.7 Å². The van der Waals surface area contributed by atoms with Crippen LogP contribution in [0.4, 0.5) is 0 Å². The van der Waals surface area contributed by atoms with E-state index in [0.717, 1.165) is 35.7 Å². The third-order valence-corrected chi connectivity index (χ3v) is 6.19. The summed E-state index contributed by atoms with van der Waals surface area (Å²) in [5.74, 6) is 2.81. The third kappa shape index (κ3) is 6.84. The van der Waals surface area contributed by atoms with E-state index in [0.29, 0.717) is 43.9 Å². The molecule has 0 amide bonds. The second kappa shape index (κ2) is 12.2. The summed E-state index contributed by atoms with van der Waals surface area (Å²) >= 11 is 0. The lowest BCUT2D eigenvalue weighted by atomic mass is 10.1. The number of aliphatic hydroxyl groups excluding tert-OH is 1. The van der Waals surface area contributed by atoms with Gasteiger partial charge in [0.05, 0.1) is 36.8 Å². The molecule has 188 valence electrons. The minimum absolute atomic E-state index is 0.342. The maximum absolute atomic E-state index is 10.6. The van der Waals surface area contributed by atoms with Crippen molar-refractivity contribution in [1.29, 1.82) is 0 Å². The Morgan fingerprint density at radius 1 is 1.09 bits per heavy atom. The molecule has 7 heteroatoms. The second-order valence-electron chi connectivity index (χ2n) is 9.06. The van der Waals surface area contributed by atoms with E-state index in [1.165, 1.54) is 12.8 Å². The average Bonchev–Trinajstić information content (AvgIpc) is 3.64. The summed E-state index contributed by atoms with van der Waals surface area (Å²) in [6.45, 7) is 7.15. The smallest absolute Gasteiger partial charge is 0.227 e. The highest BCUT2D eigenvalue weighted by Gasteiger charge is 2.28. The number of para-hydroxylation sites is 1. The van der Waals surface area contributed by atoms with E-state index in [1.807, 2.05) is 66.2 Å². The Balaban J connectivity index is 1.69. The van der Waals surface area contributed by atoms with Crippen LogP contribution in [0.15, 0.2) is 54.6 Å². The maximum atomic E-state index is 10.6. The minimum atomic E-state index is -0.536. The number of methoxy groups -OCH3 is 1. The predicted octanol–water partition coefficient (Wildman–Crippen LogP) is 4.85. The SMILES string of the molecule is CCOCC(O)CN(Cc1c(CC)nn(-c2ccccc2)c1Oc1cccc(OC)c1)CC1CC1. The van der Waals surface area contributed by atoms with Crippen molar-refractivity contribution in [2.75, 3.05) is 33.4 Å². The van der Waals surface area contributed by atoms with Crippen molar-refractivity contribution in [3.8, 4) is 23.1 Å². The van der Waals surface area contributed by atoms with Crippen molar-refractivity contribution >= 4 is 0 Å². The summed E-state index contributed by atoms with van der Waals surface area (Å²) in [6.07, 6.45) is 2.73. The summed E-state index contributed by atoms with van der Waals surface area (Å²) in [6, 6.07) is 17.7. The topological polar surface area (TPSA) is 69.0 Å². The Bertz CT molecular complexity index is 1070. The first-order valence-electron chi connectivity index (χ1n) is 12.6. The van der Waals surface area contributed by atoms with E-state index in [4.69, 9.17) is 19.3 Å². The molecule has 4 rings (SSSR count). The van der Waals surface area contributed by atoms with E-state index in [9.17, 15) is 5.11 Å². The Labute approximate surface area is 208 Å². The fraction of sp³-hybridized carbons (Fsp3) is 0.464. The van der Waals surface area contributed by atoms with Crippen molar-refractivity contribution in [3.63, 3.8) is 0 Å². The van der Waals surface area contributed by atoms with Gasteiger partial charge in [0, 0.05) is 32.3 Å². The molecule has 7 nitrogen and oxygen atoms in total. The number of aliphatic hydroxyl groups is 1. The Morgan fingerprint density at radius 2 is 1.86 bits per heavy atom. The van der Waals surface area contributed by atoms with Gasteiger partial charge in [0.15, 0.2) is 0 Å². The van der Waals surface area contributed by atoms with Crippen LogP contribution in [0.1, 0.15) is 37.9 Å². The first kappa shape index (κ1) is 25.2. The quantitative estimate of drug-likeness (QED) is 0.357. The van der Waals surface area contributed by atoms with Crippen molar-refractivity contribution < 1.29 is 19.3 Å². The lowest BCUT2D eigenvalue weighted by Gasteiger charge is -2.25. The molecule has 1 heterocycles. The summed E-state index contributed by atoms with van der Waals surface area (Å²) in [4.78, 5) is 2.32. The molecule has 1 saturated carbocycles. The van der Waals surface area contributed by atoms with Crippen LogP contribution in [0, 0.1) is 5.92 Å². The van der Waals surface area contributed by atoms with Gasteiger partial charge in [-0.25, -0.2) is 4.68 Å². The van der Waals surface area contributed by atoms with Gasteiger partial charge in [-0.3, -0.25) is 4.90 Å². The molecule has 0 radical (unpaired) electrons. The third-order valence-electron chi connectivity index (χ3n) is 6.19. The number of aromatic nitrogens is 2. The Hall–Kier alpha value is -2.87. The van der Waals surface area contributed by atoms with Crippen LogP contribution in [-0.4, -0.2) is 59.3 Å². The number of benzene rings is 2. The minimum Gasteiger partial charge on any atom is -0.497 e. The van der Waals surface area contributed by atoms with Crippen LogP contribution < -0.4 is 9.47 Å². The predicted molar refractivity (Wildman–Crippen MR) is 137 cm³/mol. The fourth-order valence-electron chi connectivity index (χ4n) is 4.24. The van der Waals surface area contributed by atoms with E-state index in [2.05, 4.69) is 11.8 Å². The summed E-state index contributed by atoms with van der Waals surface area (Å²) < 4.78 is 19.3. The van der Waals surface area contributed by atoms with Crippen molar-refractivity contribution in [3.05, 3.63) is 65.9 Å². The van der Waals surface area contributed by atoms with Gasteiger partial charge in [0.25, 0.3) is 0 Å². The number of nitrogens with zero attached hydrogens (tertiary/aromatic N) is 3. The van der Waals surface area contributed by atoms with E-state index in [-0.39, 0.29) is 0 Å². The fourth-order valence-corrected chi connectivity index (χ4v) is 4.24. The zero-order chi connectivity index (χ0) is 24.6. The van der Waals surface area contributed by atoms with E-state index < -0.39 is 6.10 Å². The summed E-state index contributed by atoms with van der Waals surface area (Å²) in [5.41, 5.74) is 2.98. The number of hydrogen-bond acceptors (Lipinski definition) is 6. The monoisotopic (exact) mass is 479 g/mol. The van der Waals surface area contributed by atoms with Crippen LogP contribution in [0.5, 0.6) is 17.4 Å². The molecule has 1 aliphatic carbocycles. The van der Waals surface area contributed by atoms with Crippen molar-refractivity contribution in [2.45, 2.75) is 45.8 Å². The molecule has 1 fully saturated rings. The molecule has 1 unspecified atom stereocenters. The average molecular weight is 480 g/mol. The normalized spacial score (nSPS) is 14.3. The lowest BCUT2D eigenvalue weighted by Crippen LogP contribution is -2.36. The molecule has 1 aliphatic rings. The van der Waals surface area contributed by atoms with Gasteiger partial charge in [-0.1, -0.05) is 31.2 Å². The molecule has 0 bridgehead atoms. The molecule has 3 aromatic rings. The molecule has 1 aromatic heterocycles. The zero-order valence-electron chi connectivity index (χ0n) is 21.0. The largest absolute Gasteiger partial charge is 0.497 e. The first-order valence-corrected chi connectivity index (χ1v) is 12.6. The van der Waals surface area contributed by atoms with Crippen molar-refractivity contribution in [2.24, 2.45) is 5.92 Å². The van der Waals surface area contributed by atoms with Crippen LogP contribution in [0.25, 0.3) is 5.69 Å². The molecular formula is C28H37N3O4. The van der Waals surface area contributed by atoms with Gasteiger partial charge in [0.2, 0.25) is 5.88 Å². The number of rotatable bonds is 14. The molecule has 1 atom stereocenters. The highest BCUT2D eigenvalue weighted by molar-refractivity contribution is 5.44. The highest BCUT2D eigenvalue weighted by atomic mass is 16.5. The molecule has 0 aliphatic heterocycles. The van der Waals surface area contributed by atoms with Gasteiger partial charge in [0.1, 0.15) is 11.5 Å². The lowest BCUT2D eigenvalue weighted by molar-refractivity contribution is 0.0186. The summed E-state index contributed by atoms with van der Waals surface area (Å²) in [5, 5.41) is 15.6. The number of aryl methyl sites for hydroxylation is 1. The van der Waals surface area contributed by atoms with Crippen LogP contribution in [0.2, 0.25) is 0 Å². The summed E-state index contributed by atoms with van der Waals surface area (Å²) in [7, 11) is 1.65. The first-order chi connectivity index (χ1) is 17.1. The second-order valence-corrected chi connectivity index (χ2v) is 9.06. The molecule has 0 spiro atoms. The zero-order valence-corrected chi connectivity index (χ0v) is 21.0. The van der Waals surface area contributed by atoms with Gasteiger partial charge in [-0.2, -0.15) is 5.10 Å².